The van der Waals surface area contributed by atoms with Crippen molar-refractivity contribution in [3.05, 3.63) is 23.4 Å². The molecule has 0 saturated heterocycles. The van der Waals surface area contributed by atoms with Crippen LogP contribution in [0.3, 0.4) is 0 Å². The molecule has 2 rings (SSSR count). The number of hydrogen-bond acceptors (Lipinski definition) is 6. The summed E-state index contributed by atoms with van der Waals surface area (Å²) in [5, 5.41) is 11.8. The van der Waals surface area contributed by atoms with Crippen LogP contribution >= 0.6 is 11.3 Å². The fraction of sp³-hybridized carbons (Fsp3) is 0.529. The van der Waals surface area contributed by atoms with Gasteiger partial charge in [0.05, 0.1) is 0 Å². The molecule has 0 atom stereocenters. The minimum atomic E-state index is -0.319. The summed E-state index contributed by atoms with van der Waals surface area (Å²) >= 11 is 1.38. The predicted octanol–water partition coefficient (Wildman–Crippen LogP) is 3.71. The fourth-order valence-electron chi connectivity index (χ4n) is 2.44. The minimum absolute atomic E-state index is 0.0862. The maximum atomic E-state index is 12.1. The van der Waals surface area contributed by atoms with Crippen LogP contribution in [-0.4, -0.2) is 22.0 Å². The van der Waals surface area contributed by atoms with Crippen molar-refractivity contribution >= 4 is 34.1 Å². The van der Waals surface area contributed by atoms with Gasteiger partial charge >= 0.3 is 0 Å². The molecule has 0 aliphatic rings. The third kappa shape index (κ3) is 6.66. The van der Waals surface area contributed by atoms with Gasteiger partial charge in [-0.05, 0) is 11.3 Å². The first kappa shape index (κ1) is 19.1. The number of aromatic nitrogens is 2. The van der Waals surface area contributed by atoms with Gasteiger partial charge in [-0.2, -0.15) is 0 Å². The van der Waals surface area contributed by atoms with Crippen LogP contribution in [-0.2, 0) is 16.0 Å². The molecule has 25 heavy (non-hydrogen) atoms. The van der Waals surface area contributed by atoms with E-state index in [2.05, 4.69) is 20.8 Å². The van der Waals surface area contributed by atoms with Gasteiger partial charge in [0.1, 0.15) is 5.76 Å². The number of amides is 2. The van der Waals surface area contributed by atoms with E-state index in [9.17, 15) is 9.59 Å². The molecule has 0 fully saturated rings. The number of nitrogens with one attached hydrogen (secondary N) is 2. The number of nitrogens with zero attached hydrogens (tertiary/aromatic N) is 2. The summed E-state index contributed by atoms with van der Waals surface area (Å²) in [5.74, 6) is 1.14. The quantitative estimate of drug-likeness (QED) is 0.744. The van der Waals surface area contributed by atoms with Gasteiger partial charge in [0.15, 0.2) is 10.9 Å². The lowest BCUT2D eigenvalue weighted by Crippen LogP contribution is -2.24. The molecule has 0 aliphatic heterocycles. The molecule has 136 valence electrons. The average Bonchev–Trinajstić information content (AvgIpc) is 3.08. The van der Waals surface area contributed by atoms with Crippen LogP contribution in [0.1, 0.15) is 46.3 Å². The third-order valence-electron chi connectivity index (χ3n) is 3.39. The van der Waals surface area contributed by atoms with E-state index in [0.717, 1.165) is 0 Å². The molecule has 2 heterocycles. The first-order valence-corrected chi connectivity index (χ1v) is 9.06. The number of carbonyl (C=O) groups excluding carboxylic acids is 2. The third-order valence-corrected chi connectivity index (χ3v) is 4.08. The van der Waals surface area contributed by atoms with Gasteiger partial charge in [-0.3, -0.25) is 9.59 Å². The molecule has 8 heteroatoms. The first-order chi connectivity index (χ1) is 11.7. The number of thiazole rings is 1. The highest BCUT2D eigenvalue weighted by Gasteiger charge is 2.25. The summed E-state index contributed by atoms with van der Waals surface area (Å²) in [5.41, 5.74) is -0.319. The van der Waals surface area contributed by atoms with Gasteiger partial charge in [0.2, 0.25) is 11.8 Å². The molecular formula is C17H24N4O3S. The van der Waals surface area contributed by atoms with Crippen LogP contribution in [0.15, 0.2) is 22.2 Å². The van der Waals surface area contributed by atoms with Gasteiger partial charge in [0, 0.05) is 36.9 Å². The van der Waals surface area contributed by atoms with E-state index in [1.807, 2.05) is 33.1 Å². The summed E-state index contributed by atoms with van der Waals surface area (Å²) in [6.45, 7) is 7.92. The summed E-state index contributed by atoms with van der Waals surface area (Å²) in [4.78, 5) is 27.9. The Bertz CT molecular complexity index is 707. The van der Waals surface area contributed by atoms with E-state index in [1.54, 1.807) is 12.3 Å². The van der Waals surface area contributed by atoms with Gasteiger partial charge < -0.3 is 15.2 Å². The molecular weight excluding hydrogens is 340 g/mol. The Kier molecular flexibility index (Phi) is 6.30. The summed E-state index contributed by atoms with van der Waals surface area (Å²) in [6, 6.07) is 1.71. The molecule has 0 saturated carbocycles. The van der Waals surface area contributed by atoms with Crippen molar-refractivity contribution in [2.24, 2.45) is 11.3 Å². The molecule has 2 N–H and O–H groups in total. The maximum absolute atomic E-state index is 12.1. The lowest BCUT2D eigenvalue weighted by atomic mass is 9.84. The Labute approximate surface area is 151 Å². The van der Waals surface area contributed by atoms with Crippen LogP contribution in [0, 0.1) is 11.3 Å². The van der Waals surface area contributed by atoms with E-state index in [1.165, 1.54) is 11.3 Å². The van der Waals surface area contributed by atoms with E-state index < -0.39 is 0 Å². The largest absolute Gasteiger partial charge is 0.359 e. The van der Waals surface area contributed by atoms with Crippen molar-refractivity contribution in [3.63, 3.8) is 0 Å². The van der Waals surface area contributed by atoms with Crippen molar-refractivity contribution in [1.29, 1.82) is 0 Å². The van der Waals surface area contributed by atoms with Gasteiger partial charge in [-0.15, -0.1) is 11.3 Å². The highest BCUT2D eigenvalue weighted by Crippen LogP contribution is 2.28. The molecule has 0 aromatic carbocycles. The Morgan fingerprint density at radius 3 is 2.68 bits per heavy atom. The number of carbonyl (C=O) groups is 2. The molecule has 2 aromatic rings. The van der Waals surface area contributed by atoms with Crippen LogP contribution in [0.25, 0.3) is 0 Å². The van der Waals surface area contributed by atoms with Crippen molar-refractivity contribution in [2.75, 3.05) is 10.6 Å². The predicted molar refractivity (Wildman–Crippen MR) is 97.4 cm³/mol. The Morgan fingerprint density at radius 1 is 1.28 bits per heavy atom. The second kappa shape index (κ2) is 8.24. The Hall–Kier alpha value is -2.22. The maximum Gasteiger partial charge on any atom is 0.226 e. The summed E-state index contributed by atoms with van der Waals surface area (Å²) < 4.78 is 5.29. The summed E-state index contributed by atoms with van der Waals surface area (Å²) in [6.07, 6.45) is 2.94. The van der Waals surface area contributed by atoms with Crippen molar-refractivity contribution in [3.8, 4) is 0 Å². The standard InChI is InChI=1S/C17H24N4O3S/c1-11(2)7-14(22)19-13-8-12(24-21-13)9-17(3,4)10-15(23)20-16-18-5-6-25-16/h5-6,8,11H,7,9-10H2,1-4H3,(H,18,20,23)(H,19,21,22). The van der Waals surface area contributed by atoms with E-state index >= 15 is 0 Å². The number of hydrogen-bond donors (Lipinski definition) is 2. The van der Waals surface area contributed by atoms with Gasteiger partial charge in [-0.1, -0.05) is 32.9 Å². The van der Waals surface area contributed by atoms with E-state index in [4.69, 9.17) is 4.52 Å². The van der Waals surface area contributed by atoms with Crippen molar-refractivity contribution in [2.45, 2.75) is 47.0 Å². The van der Waals surface area contributed by atoms with Crippen LogP contribution < -0.4 is 10.6 Å². The lowest BCUT2D eigenvalue weighted by Gasteiger charge is -2.21. The zero-order valence-electron chi connectivity index (χ0n) is 15.0. The Balaban J connectivity index is 1.87. The monoisotopic (exact) mass is 364 g/mol. The SMILES string of the molecule is CC(C)CC(=O)Nc1cc(CC(C)(C)CC(=O)Nc2nccs2)on1. The van der Waals surface area contributed by atoms with Crippen molar-refractivity contribution < 1.29 is 14.1 Å². The highest BCUT2D eigenvalue weighted by atomic mass is 32.1. The average molecular weight is 364 g/mol. The molecule has 0 unspecified atom stereocenters. The van der Waals surface area contributed by atoms with Gasteiger partial charge in [0.25, 0.3) is 0 Å². The minimum Gasteiger partial charge on any atom is -0.359 e. The van der Waals surface area contributed by atoms with Crippen LogP contribution in [0.5, 0.6) is 0 Å². The van der Waals surface area contributed by atoms with Crippen LogP contribution in [0.2, 0.25) is 0 Å². The topological polar surface area (TPSA) is 97.1 Å². The zero-order valence-corrected chi connectivity index (χ0v) is 15.8. The second-order valence-electron chi connectivity index (χ2n) is 7.23. The molecule has 0 spiro atoms. The first-order valence-electron chi connectivity index (χ1n) is 8.18. The Morgan fingerprint density at radius 2 is 2.04 bits per heavy atom. The smallest absolute Gasteiger partial charge is 0.226 e. The van der Waals surface area contributed by atoms with E-state index in [-0.39, 0.29) is 23.1 Å². The molecule has 2 amide bonds. The normalized spacial score (nSPS) is 11.6. The van der Waals surface area contributed by atoms with Crippen LogP contribution in [0.4, 0.5) is 10.9 Å². The summed E-state index contributed by atoms with van der Waals surface area (Å²) in [7, 11) is 0. The van der Waals surface area contributed by atoms with Crippen molar-refractivity contribution in [1.82, 2.24) is 10.1 Å². The molecule has 2 aromatic heterocycles. The highest BCUT2D eigenvalue weighted by molar-refractivity contribution is 7.13. The lowest BCUT2D eigenvalue weighted by molar-refractivity contribution is -0.118. The molecule has 0 aliphatic carbocycles. The van der Waals surface area contributed by atoms with E-state index in [0.29, 0.717) is 36.0 Å². The molecule has 7 nitrogen and oxygen atoms in total. The number of anilines is 2. The molecule has 0 bridgehead atoms. The second-order valence-corrected chi connectivity index (χ2v) is 8.12. The van der Waals surface area contributed by atoms with Gasteiger partial charge in [-0.25, -0.2) is 4.98 Å². The molecule has 0 radical (unpaired) electrons. The number of rotatable bonds is 8. The zero-order chi connectivity index (χ0) is 18.4. The fourth-order valence-corrected chi connectivity index (χ4v) is 2.98.